The number of rotatable bonds is 6. The molecule has 7 heteroatoms. The van der Waals surface area contributed by atoms with E-state index < -0.39 is 0 Å². The smallest absolute Gasteiger partial charge is 0.254 e. The second kappa shape index (κ2) is 8.71. The summed E-state index contributed by atoms with van der Waals surface area (Å²) in [5, 5.41) is 3.49. The zero-order valence-electron chi connectivity index (χ0n) is 15.5. The van der Waals surface area contributed by atoms with Gasteiger partial charge in [0.25, 0.3) is 5.56 Å². The van der Waals surface area contributed by atoms with Crippen LogP contribution in [0.3, 0.4) is 0 Å². The van der Waals surface area contributed by atoms with Gasteiger partial charge in [0.15, 0.2) is 0 Å². The fourth-order valence-electron chi connectivity index (χ4n) is 2.87. The molecule has 144 valence electrons. The van der Waals surface area contributed by atoms with E-state index in [2.05, 4.69) is 15.3 Å². The first-order valence-electron chi connectivity index (χ1n) is 8.74. The number of amides is 1. The third-order valence-corrected chi connectivity index (χ3v) is 4.58. The molecule has 1 heterocycles. The highest BCUT2D eigenvalue weighted by Crippen LogP contribution is 2.24. The number of carbonyl (C=O) groups excluding carboxylic acids is 1. The molecule has 0 fully saturated rings. The fourth-order valence-corrected chi connectivity index (χ4v) is 2.99. The van der Waals surface area contributed by atoms with E-state index in [0.29, 0.717) is 22.2 Å². The maximum Gasteiger partial charge on any atom is 0.254 e. The Kier molecular flexibility index (Phi) is 6.11. The fraction of sp³-hybridized carbons (Fsp3) is 0.190. The molecular weight excluding hydrogens is 378 g/mol. The zero-order valence-corrected chi connectivity index (χ0v) is 16.3. The molecule has 2 aromatic carbocycles. The SMILES string of the molecule is COc1ccccc1[C@@H](C)NC(=O)Cc1cnc(-c2ccc(Cl)cc2)[nH]c1=O. The first-order valence-corrected chi connectivity index (χ1v) is 9.12. The average molecular weight is 398 g/mol. The Morgan fingerprint density at radius 3 is 2.61 bits per heavy atom. The Labute approximate surface area is 167 Å². The van der Waals surface area contributed by atoms with Gasteiger partial charge in [-0.25, -0.2) is 4.98 Å². The van der Waals surface area contributed by atoms with E-state index in [0.717, 1.165) is 11.1 Å². The number of H-pyrrole nitrogens is 1. The number of aromatic nitrogens is 2. The lowest BCUT2D eigenvalue weighted by Gasteiger charge is -2.17. The molecule has 0 aliphatic rings. The van der Waals surface area contributed by atoms with Gasteiger partial charge in [-0.1, -0.05) is 29.8 Å². The van der Waals surface area contributed by atoms with Crippen molar-refractivity contribution in [1.82, 2.24) is 15.3 Å². The quantitative estimate of drug-likeness (QED) is 0.666. The van der Waals surface area contributed by atoms with E-state index in [1.807, 2.05) is 31.2 Å². The Balaban J connectivity index is 1.70. The number of aromatic amines is 1. The number of hydrogen-bond acceptors (Lipinski definition) is 4. The van der Waals surface area contributed by atoms with Crippen molar-refractivity contribution in [3.63, 3.8) is 0 Å². The standard InChI is InChI=1S/C21H20ClN3O3/c1-13(17-5-3-4-6-18(17)28-2)24-19(26)11-15-12-23-20(25-21(15)27)14-7-9-16(22)10-8-14/h3-10,12-13H,11H2,1-2H3,(H,24,26)(H,23,25,27)/t13-/m1/s1. The van der Waals surface area contributed by atoms with Crippen LogP contribution in [0.2, 0.25) is 5.02 Å². The normalized spacial score (nSPS) is 11.7. The number of para-hydroxylation sites is 1. The van der Waals surface area contributed by atoms with Gasteiger partial charge in [0, 0.05) is 27.9 Å². The maximum atomic E-state index is 12.4. The van der Waals surface area contributed by atoms with Crippen LogP contribution in [0, 0.1) is 0 Å². The van der Waals surface area contributed by atoms with Crippen molar-refractivity contribution in [3.05, 3.63) is 81.2 Å². The monoisotopic (exact) mass is 397 g/mol. The van der Waals surface area contributed by atoms with Crippen molar-refractivity contribution in [2.75, 3.05) is 7.11 Å². The van der Waals surface area contributed by atoms with Crippen LogP contribution in [0.4, 0.5) is 0 Å². The molecule has 3 aromatic rings. The van der Waals surface area contributed by atoms with Crippen LogP contribution >= 0.6 is 11.6 Å². The van der Waals surface area contributed by atoms with Crippen molar-refractivity contribution in [2.24, 2.45) is 0 Å². The van der Waals surface area contributed by atoms with E-state index in [9.17, 15) is 9.59 Å². The van der Waals surface area contributed by atoms with Crippen LogP contribution in [-0.2, 0) is 11.2 Å². The summed E-state index contributed by atoms with van der Waals surface area (Å²) in [4.78, 5) is 31.7. The topological polar surface area (TPSA) is 84.1 Å². The molecule has 0 saturated heterocycles. The number of ether oxygens (including phenoxy) is 1. The summed E-state index contributed by atoms with van der Waals surface area (Å²) in [7, 11) is 1.58. The number of nitrogens with zero attached hydrogens (tertiary/aromatic N) is 1. The Hall–Kier alpha value is -3.12. The molecule has 0 radical (unpaired) electrons. The molecule has 1 atom stereocenters. The van der Waals surface area contributed by atoms with Gasteiger partial charge in [0.1, 0.15) is 11.6 Å². The van der Waals surface area contributed by atoms with Gasteiger partial charge in [-0.3, -0.25) is 9.59 Å². The first kappa shape index (κ1) is 19.6. The van der Waals surface area contributed by atoms with Crippen LogP contribution in [0.15, 0.2) is 59.5 Å². The minimum absolute atomic E-state index is 0.0667. The molecule has 0 bridgehead atoms. The molecule has 6 nitrogen and oxygen atoms in total. The molecule has 0 aliphatic carbocycles. The molecule has 2 N–H and O–H groups in total. The highest BCUT2D eigenvalue weighted by atomic mass is 35.5. The van der Waals surface area contributed by atoms with Gasteiger partial charge in [0.05, 0.1) is 19.6 Å². The Bertz CT molecular complexity index is 1030. The first-order chi connectivity index (χ1) is 13.5. The second-order valence-electron chi connectivity index (χ2n) is 6.30. The highest BCUT2D eigenvalue weighted by molar-refractivity contribution is 6.30. The highest BCUT2D eigenvalue weighted by Gasteiger charge is 2.15. The predicted molar refractivity (Wildman–Crippen MR) is 109 cm³/mol. The number of benzene rings is 2. The van der Waals surface area contributed by atoms with Crippen LogP contribution in [-0.4, -0.2) is 23.0 Å². The molecule has 0 unspecified atom stereocenters. The molecular formula is C21H20ClN3O3. The average Bonchev–Trinajstić information content (AvgIpc) is 2.70. The number of hydrogen-bond donors (Lipinski definition) is 2. The van der Waals surface area contributed by atoms with Gasteiger partial charge < -0.3 is 15.0 Å². The van der Waals surface area contributed by atoms with Gasteiger partial charge in [-0.2, -0.15) is 0 Å². The van der Waals surface area contributed by atoms with Crippen LogP contribution in [0.25, 0.3) is 11.4 Å². The summed E-state index contributed by atoms with van der Waals surface area (Å²) < 4.78 is 5.32. The molecule has 1 amide bonds. The van der Waals surface area contributed by atoms with Crippen molar-refractivity contribution in [1.29, 1.82) is 0 Å². The summed E-state index contributed by atoms with van der Waals surface area (Å²) in [6, 6.07) is 14.2. The largest absolute Gasteiger partial charge is 0.496 e. The molecule has 28 heavy (non-hydrogen) atoms. The lowest BCUT2D eigenvalue weighted by atomic mass is 10.1. The molecule has 1 aromatic heterocycles. The van der Waals surface area contributed by atoms with Crippen molar-refractivity contribution in [3.8, 4) is 17.1 Å². The van der Waals surface area contributed by atoms with Crippen molar-refractivity contribution in [2.45, 2.75) is 19.4 Å². The van der Waals surface area contributed by atoms with Gasteiger partial charge >= 0.3 is 0 Å². The second-order valence-corrected chi connectivity index (χ2v) is 6.74. The van der Waals surface area contributed by atoms with E-state index in [-0.39, 0.29) is 23.9 Å². The van der Waals surface area contributed by atoms with Gasteiger partial charge in [-0.05, 0) is 37.3 Å². The maximum absolute atomic E-state index is 12.4. The van der Waals surface area contributed by atoms with E-state index in [1.165, 1.54) is 6.20 Å². The summed E-state index contributed by atoms with van der Waals surface area (Å²) >= 11 is 5.87. The number of halogens is 1. The third kappa shape index (κ3) is 4.58. The lowest BCUT2D eigenvalue weighted by molar-refractivity contribution is -0.121. The summed E-state index contributed by atoms with van der Waals surface area (Å²) in [6.45, 7) is 1.86. The van der Waals surface area contributed by atoms with Gasteiger partial charge in [-0.15, -0.1) is 0 Å². The summed E-state index contributed by atoms with van der Waals surface area (Å²) in [6.07, 6.45) is 1.36. The van der Waals surface area contributed by atoms with Crippen LogP contribution in [0.1, 0.15) is 24.1 Å². The summed E-state index contributed by atoms with van der Waals surface area (Å²) in [5.41, 5.74) is 1.55. The molecule has 3 rings (SSSR count). The zero-order chi connectivity index (χ0) is 20.1. The summed E-state index contributed by atoms with van der Waals surface area (Å²) in [5.74, 6) is 0.847. The number of nitrogens with one attached hydrogen (secondary N) is 2. The van der Waals surface area contributed by atoms with E-state index in [4.69, 9.17) is 16.3 Å². The lowest BCUT2D eigenvalue weighted by Crippen LogP contribution is -2.30. The molecule has 0 spiro atoms. The van der Waals surface area contributed by atoms with Crippen molar-refractivity contribution < 1.29 is 9.53 Å². The Morgan fingerprint density at radius 2 is 1.93 bits per heavy atom. The number of methoxy groups -OCH3 is 1. The van der Waals surface area contributed by atoms with Gasteiger partial charge in [0.2, 0.25) is 5.91 Å². The minimum atomic E-state index is -0.347. The van der Waals surface area contributed by atoms with Crippen molar-refractivity contribution >= 4 is 17.5 Å². The third-order valence-electron chi connectivity index (χ3n) is 4.32. The van der Waals surface area contributed by atoms with E-state index in [1.54, 1.807) is 31.4 Å². The molecule has 0 saturated carbocycles. The Morgan fingerprint density at radius 1 is 1.21 bits per heavy atom. The molecule has 0 aliphatic heterocycles. The predicted octanol–water partition coefficient (Wildman–Crippen LogP) is 3.52. The number of carbonyl (C=O) groups is 1. The van der Waals surface area contributed by atoms with Crippen LogP contribution in [0.5, 0.6) is 5.75 Å². The van der Waals surface area contributed by atoms with Crippen LogP contribution < -0.4 is 15.6 Å². The minimum Gasteiger partial charge on any atom is -0.496 e. The van der Waals surface area contributed by atoms with E-state index >= 15 is 0 Å².